The van der Waals surface area contributed by atoms with E-state index >= 15 is 0 Å². The van der Waals surface area contributed by atoms with E-state index in [1.54, 1.807) is 0 Å². The molecule has 59 heavy (non-hydrogen) atoms. The molecule has 0 N–H and O–H groups in total. The minimum Gasteiger partial charge on any atom is -0.463 e. The standard InChI is InChI=1S/C54H102O5/c1-4-7-10-13-16-19-22-25-27-29-31-34-37-40-43-46-49-57-52(50-58-53(55)47-44-41-38-35-32-24-21-18-15-12-9-6-3)51-59-54(56)48-45-42-39-36-33-30-28-26-23-20-17-14-11-8-5-2/h17,20,26,28,52H,4-16,18-19,21-25,27,29-51H2,1-3H3/b20-17-,28-26-/t52-/m0/s1. The van der Waals surface area contributed by atoms with Crippen LogP contribution in [0.25, 0.3) is 0 Å². The molecule has 0 amide bonds. The lowest BCUT2D eigenvalue weighted by molar-refractivity contribution is -0.155. The van der Waals surface area contributed by atoms with Gasteiger partial charge in [0.05, 0.1) is 0 Å². The Morgan fingerprint density at radius 3 is 1.02 bits per heavy atom. The van der Waals surface area contributed by atoms with Crippen molar-refractivity contribution in [2.75, 3.05) is 19.8 Å². The first-order valence-electron chi connectivity index (χ1n) is 26.4. The molecule has 0 aromatic carbocycles. The van der Waals surface area contributed by atoms with Crippen LogP contribution in [-0.4, -0.2) is 37.9 Å². The van der Waals surface area contributed by atoms with Gasteiger partial charge < -0.3 is 14.2 Å². The van der Waals surface area contributed by atoms with Crippen molar-refractivity contribution in [3.8, 4) is 0 Å². The molecule has 0 spiro atoms. The van der Waals surface area contributed by atoms with Crippen molar-refractivity contribution in [3.63, 3.8) is 0 Å². The molecule has 0 aromatic rings. The van der Waals surface area contributed by atoms with Gasteiger partial charge in [-0.05, 0) is 51.4 Å². The van der Waals surface area contributed by atoms with Crippen molar-refractivity contribution in [1.29, 1.82) is 0 Å². The van der Waals surface area contributed by atoms with Crippen molar-refractivity contribution in [2.24, 2.45) is 0 Å². The average Bonchev–Trinajstić information content (AvgIpc) is 3.24. The molecule has 5 heteroatoms. The first-order chi connectivity index (χ1) is 29.1. The second-order valence-electron chi connectivity index (χ2n) is 17.8. The zero-order valence-electron chi connectivity index (χ0n) is 40.0. The Hall–Kier alpha value is -1.62. The molecule has 5 nitrogen and oxygen atoms in total. The molecule has 0 heterocycles. The van der Waals surface area contributed by atoms with Crippen LogP contribution in [0.2, 0.25) is 0 Å². The van der Waals surface area contributed by atoms with Crippen LogP contribution in [0.15, 0.2) is 24.3 Å². The smallest absolute Gasteiger partial charge is 0.305 e. The van der Waals surface area contributed by atoms with Gasteiger partial charge in [0.25, 0.3) is 0 Å². The van der Waals surface area contributed by atoms with Crippen LogP contribution in [-0.2, 0) is 23.8 Å². The van der Waals surface area contributed by atoms with Gasteiger partial charge in [0.15, 0.2) is 0 Å². The quantitative estimate of drug-likeness (QED) is 0.0347. The number of allylic oxidation sites excluding steroid dienone is 4. The van der Waals surface area contributed by atoms with Gasteiger partial charge >= 0.3 is 11.9 Å². The maximum Gasteiger partial charge on any atom is 0.305 e. The normalized spacial score (nSPS) is 12.3. The molecule has 0 aliphatic heterocycles. The Morgan fingerprint density at radius 2 is 0.644 bits per heavy atom. The SMILES string of the molecule is CCCCC/C=C\C/C=C\CCCCCCCC(=O)OC[C@H](COC(=O)CCCCCCCCCCCCCC)OCCCCCCCCCCCCCCCCCC. The first-order valence-corrected chi connectivity index (χ1v) is 26.4. The van der Waals surface area contributed by atoms with E-state index in [0.717, 1.165) is 57.8 Å². The zero-order valence-corrected chi connectivity index (χ0v) is 40.0. The molecule has 0 bridgehead atoms. The van der Waals surface area contributed by atoms with Crippen LogP contribution in [0.5, 0.6) is 0 Å². The number of rotatable bonds is 49. The highest BCUT2D eigenvalue weighted by atomic mass is 16.6. The van der Waals surface area contributed by atoms with Crippen molar-refractivity contribution in [1.82, 2.24) is 0 Å². The molecule has 0 aliphatic carbocycles. The summed E-state index contributed by atoms with van der Waals surface area (Å²) in [5, 5.41) is 0. The van der Waals surface area contributed by atoms with Gasteiger partial charge in [-0.1, -0.05) is 244 Å². The molecule has 0 fully saturated rings. The zero-order chi connectivity index (χ0) is 42.8. The molecule has 1 atom stereocenters. The average molecular weight is 831 g/mol. The van der Waals surface area contributed by atoms with E-state index in [0.29, 0.717) is 19.4 Å². The van der Waals surface area contributed by atoms with E-state index < -0.39 is 6.10 Å². The number of hydrogen-bond donors (Lipinski definition) is 0. The largest absolute Gasteiger partial charge is 0.463 e. The summed E-state index contributed by atoms with van der Waals surface area (Å²) in [6, 6.07) is 0. The fourth-order valence-corrected chi connectivity index (χ4v) is 7.75. The maximum atomic E-state index is 12.6. The molecule has 0 saturated heterocycles. The number of ether oxygens (including phenoxy) is 3. The Bertz CT molecular complexity index is 897. The van der Waals surface area contributed by atoms with Gasteiger partial charge in [-0.3, -0.25) is 9.59 Å². The molecule has 348 valence electrons. The minimum absolute atomic E-state index is 0.157. The fraction of sp³-hybridized carbons (Fsp3) is 0.889. The summed E-state index contributed by atoms with van der Waals surface area (Å²) in [6.07, 6.45) is 59.2. The van der Waals surface area contributed by atoms with Crippen molar-refractivity contribution in [3.05, 3.63) is 24.3 Å². The van der Waals surface area contributed by atoms with E-state index in [9.17, 15) is 9.59 Å². The Balaban J connectivity index is 4.23. The predicted octanol–water partition coefficient (Wildman–Crippen LogP) is 17.6. The lowest BCUT2D eigenvalue weighted by atomic mass is 10.0. The minimum atomic E-state index is -0.397. The summed E-state index contributed by atoms with van der Waals surface area (Å²) in [5.74, 6) is -0.334. The van der Waals surface area contributed by atoms with E-state index in [1.807, 2.05) is 0 Å². The predicted molar refractivity (Wildman–Crippen MR) is 256 cm³/mol. The third-order valence-corrected chi connectivity index (χ3v) is 11.8. The number of carbonyl (C=O) groups excluding carboxylic acids is 2. The van der Waals surface area contributed by atoms with Gasteiger partial charge in [-0.2, -0.15) is 0 Å². The lowest BCUT2D eigenvalue weighted by Gasteiger charge is -2.18. The summed E-state index contributed by atoms with van der Waals surface area (Å²) in [7, 11) is 0. The highest BCUT2D eigenvalue weighted by molar-refractivity contribution is 5.69. The van der Waals surface area contributed by atoms with Crippen LogP contribution in [0.1, 0.15) is 284 Å². The van der Waals surface area contributed by atoms with Gasteiger partial charge in [0, 0.05) is 19.4 Å². The Kier molecular flexibility index (Phi) is 49.3. The van der Waals surface area contributed by atoms with Gasteiger partial charge in [-0.25, -0.2) is 0 Å². The molecule has 0 saturated carbocycles. The molecule has 0 unspecified atom stereocenters. The van der Waals surface area contributed by atoms with Gasteiger partial charge in [0.1, 0.15) is 19.3 Å². The van der Waals surface area contributed by atoms with Gasteiger partial charge in [-0.15, -0.1) is 0 Å². The van der Waals surface area contributed by atoms with E-state index in [1.165, 1.54) is 193 Å². The maximum absolute atomic E-state index is 12.6. The molecular formula is C54H102O5. The number of carbonyl (C=O) groups is 2. The third-order valence-electron chi connectivity index (χ3n) is 11.8. The Morgan fingerprint density at radius 1 is 0.356 bits per heavy atom. The van der Waals surface area contributed by atoms with Crippen molar-refractivity contribution in [2.45, 2.75) is 290 Å². The number of esters is 2. The molecular weight excluding hydrogens is 729 g/mol. The first kappa shape index (κ1) is 57.4. The van der Waals surface area contributed by atoms with Crippen LogP contribution in [0.3, 0.4) is 0 Å². The van der Waals surface area contributed by atoms with E-state index in [4.69, 9.17) is 14.2 Å². The Labute approximate surface area is 368 Å². The monoisotopic (exact) mass is 831 g/mol. The number of hydrogen-bond acceptors (Lipinski definition) is 5. The lowest BCUT2D eigenvalue weighted by Crippen LogP contribution is -2.29. The van der Waals surface area contributed by atoms with Crippen molar-refractivity contribution >= 4 is 11.9 Å². The molecule has 0 aliphatic rings. The molecule has 0 aromatic heterocycles. The summed E-state index contributed by atoms with van der Waals surface area (Å²) >= 11 is 0. The summed E-state index contributed by atoms with van der Waals surface area (Å²) in [6.45, 7) is 7.74. The third kappa shape index (κ3) is 48.9. The molecule has 0 radical (unpaired) electrons. The summed E-state index contributed by atoms with van der Waals surface area (Å²) in [5.41, 5.74) is 0. The summed E-state index contributed by atoms with van der Waals surface area (Å²) in [4.78, 5) is 25.2. The van der Waals surface area contributed by atoms with Crippen LogP contribution < -0.4 is 0 Å². The second kappa shape index (κ2) is 50.7. The van der Waals surface area contributed by atoms with Crippen LogP contribution in [0, 0.1) is 0 Å². The van der Waals surface area contributed by atoms with E-state index in [-0.39, 0.29) is 25.2 Å². The second-order valence-corrected chi connectivity index (χ2v) is 17.8. The number of unbranched alkanes of at least 4 members (excludes halogenated alkanes) is 34. The van der Waals surface area contributed by atoms with Crippen molar-refractivity contribution < 1.29 is 23.8 Å². The highest BCUT2D eigenvalue weighted by Crippen LogP contribution is 2.16. The highest BCUT2D eigenvalue weighted by Gasteiger charge is 2.16. The molecule has 0 rings (SSSR count). The van der Waals surface area contributed by atoms with Crippen LogP contribution in [0.4, 0.5) is 0 Å². The fourth-order valence-electron chi connectivity index (χ4n) is 7.75. The summed E-state index contributed by atoms with van der Waals surface area (Å²) < 4.78 is 17.4. The van der Waals surface area contributed by atoms with Gasteiger partial charge in [0.2, 0.25) is 0 Å². The van der Waals surface area contributed by atoms with E-state index in [2.05, 4.69) is 45.1 Å². The van der Waals surface area contributed by atoms with Crippen LogP contribution >= 0.6 is 0 Å². The topological polar surface area (TPSA) is 61.8 Å².